The number of hydrogen-bond donors (Lipinski definition) is 0. The molecule has 3 aromatic heterocycles. The molecule has 0 fully saturated rings. The van der Waals surface area contributed by atoms with Gasteiger partial charge in [-0.3, -0.25) is 9.36 Å². The minimum Gasteiger partial charge on any atom is -0.350 e. The molecule has 4 heteroatoms. The second-order valence-corrected chi connectivity index (χ2v) is 7.41. The molecule has 4 nitrogen and oxygen atoms in total. The molecular formula is C23H21N3O. The Balaban J connectivity index is 1.97. The highest BCUT2D eigenvalue weighted by atomic mass is 16.1. The number of nitrogens with zero attached hydrogens (tertiary/aromatic N) is 3. The van der Waals surface area contributed by atoms with E-state index < -0.39 is 0 Å². The second kappa shape index (κ2) is 5.36. The molecule has 0 unspecified atom stereocenters. The van der Waals surface area contributed by atoms with Crippen LogP contribution >= 0.6 is 0 Å². The van der Waals surface area contributed by atoms with Gasteiger partial charge >= 0.3 is 0 Å². The van der Waals surface area contributed by atoms with Crippen LogP contribution in [-0.2, 0) is 21.1 Å². The lowest BCUT2D eigenvalue weighted by molar-refractivity contribution is 0.846. The van der Waals surface area contributed by atoms with Crippen LogP contribution in [0.5, 0.6) is 0 Å². The van der Waals surface area contributed by atoms with Gasteiger partial charge in [0, 0.05) is 54.6 Å². The molecule has 0 aliphatic carbocycles. The van der Waals surface area contributed by atoms with Crippen LogP contribution in [0.4, 0.5) is 0 Å². The molecule has 0 aliphatic rings. The van der Waals surface area contributed by atoms with E-state index >= 15 is 0 Å². The summed E-state index contributed by atoms with van der Waals surface area (Å²) in [5, 5.41) is 3.40. The van der Waals surface area contributed by atoms with Crippen molar-refractivity contribution in [3.63, 3.8) is 0 Å². The van der Waals surface area contributed by atoms with Crippen LogP contribution in [0.1, 0.15) is 5.56 Å². The summed E-state index contributed by atoms with van der Waals surface area (Å²) < 4.78 is 5.97. The molecule has 134 valence electrons. The lowest BCUT2D eigenvalue weighted by atomic mass is 10.0. The first-order valence-electron chi connectivity index (χ1n) is 9.10. The Bertz CT molecular complexity index is 1430. The molecule has 5 aromatic rings. The number of para-hydroxylation sites is 1. The van der Waals surface area contributed by atoms with Crippen LogP contribution in [0.15, 0.2) is 59.5 Å². The molecule has 2 aromatic carbocycles. The van der Waals surface area contributed by atoms with Crippen molar-refractivity contribution in [2.24, 2.45) is 21.1 Å². The highest BCUT2D eigenvalue weighted by molar-refractivity contribution is 6.09. The van der Waals surface area contributed by atoms with Crippen molar-refractivity contribution in [2.75, 3.05) is 0 Å². The van der Waals surface area contributed by atoms with E-state index in [1.807, 2.05) is 33.3 Å². The Hall–Kier alpha value is -3.27. The fourth-order valence-electron chi connectivity index (χ4n) is 4.35. The fraction of sp³-hybridized carbons (Fsp3) is 0.174. The van der Waals surface area contributed by atoms with Gasteiger partial charge in [0.1, 0.15) is 5.65 Å². The predicted octanol–water partition coefficient (Wildman–Crippen LogP) is 4.50. The number of benzene rings is 2. The van der Waals surface area contributed by atoms with E-state index in [4.69, 9.17) is 0 Å². The third kappa shape index (κ3) is 2.07. The highest BCUT2D eigenvalue weighted by Crippen LogP contribution is 2.33. The van der Waals surface area contributed by atoms with Gasteiger partial charge in [-0.25, -0.2) is 0 Å². The monoisotopic (exact) mass is 355 g/mol. The molecule has 0 atom stereocenters. The summed E-state index contributed by atoms with van der Waals surface area (Å²) in [4.78, 5) is 13.3. The van der Waals surface area contributed by atoms with Crippen molar-refractivity contribution in [3.8, 4) is 11.1 Å². The zero-order valence-electron chi connectivity index (χ0n) is 15.9. The first kappa shape index (κ1) is 15.9. The van der Waals surface area contributed by atoms with E-state index in [0.29, 0.717) is 0 Å². The Kier molecular flexibility index (Phi) is 3.17. The Morgan fingerprint density at radius 1 is 0.741 bits per heavy atom. The smallest absolute Gasteiger partial charge is 0.259 e. The molecule has 0 bridgehead atoms. The molecule has 0 spiro atoms. The number of pyridine rings is 1. The Labute approximate surface area is 156 Å². The van der Waals surface area contributed by atoms with E-state index in [-0.39, 0.29) is 5.56 Å². The van der Waals surface area contributed by atoms with Gasteiger partial charge in [0.05, 0.1) is 11.1 Å². The summed E-state index contributed by atoms with van der Waals surface area (Å²) in [7, 11) is 5.91. The van der Waals surface area contributed by atoms with Crippen molar-refractivity contribution in [1.82, 2.24) is 13.7 Å². The summed E-state index contributed by atoms with van der Waals surface area (Å²) in [6.45, 7) is 2.10. The zero-order chi connectivity index (χ0) is 18.9. The molecule has 3 heterocycles. The number of aryl methyl sites for hydroxylation is 4. The molecule has 27 heavy (non-hydrogen) atoms. The predicted molar refractivity (Wildman–Crippen MR) is 112 cm³/mol. The number of fused-ring (bicyclic) bond motifs is 4. The third-order valence-corrected chi connectivity index (χ3v) is 5.69. The maximum Gasteiger partial charge on any atom is 0.259 e. The summed E-state index contributed by atoms with van der Waals surface area (Å²) in [6, 6.07) is 16.7. The average Bonchev–Trinajstić information content (AvgIpc) is 3.13. The van der Waals surface area contributed by atoms with Gasteiger partial charge in [-0.2, -0.15) is 0 Å². The van der Waals surface area contributed by atoms with Crippen LogP contribution in [0, 0.1) is 6.92 Å². The topological polar surface area (TPSA) is 31.9 Å². The van der Waals surface area contributed by atoms with Crippen LogP contribution in [0.2, 0.25) is 0 Å². The molecule has 0 N–H and O–H groups in total. The van der Waals surface area contributed by atoms with E-state index in [9.17, 15) is 4.79 Å². The largest absolute Gasteiger partial charge is 0.350 e. The van der Waals surface area contributed by atoms with E-state index in [2.05, 4.69) is 58.7 Å². The van der Waals surface area contributed by atoms with Crippen molar-refractivity contribution in [3.05, 3.63) is 70.6 Å². The quantitative estimate of drug-likeness (QED) is 0.436. The van der Waals surface area contributed by atoms with E-state index in [0.717, 1.165) is 38.6 Å². The molecule has 0 aliphatic heterocycles. The van der Waals surface area contributed by atoms with Gasteiger partial charge in [0.25, 0.3) is 5.56 Å². The lowest BCUT2D eigenvalue weighted by Crippen LogP contribution is -2.20. The number of aromatic nitrogens is 3. The summed E-state index contributed by atoms with van der Waals surface area (Å²) >= 11 is 0. The number of hydrogen-bond acceptors (Lipinski definition) is 1. The summed E-state index contributed by atoms with van der Waals surface area (Å²) in [5.74, 6) is 0. The molecular weight excluding hydrogens is 334 g/mol. The summed E-state index contributed by atoms with van der Waals surface area (Å²) in [5.41, 5.74) is 6.20. The standard InChI is InChI=1S/C23H21N3O/c1-14-9-10-21-16(11-14)17-12-18(23(27)26(4)22(17)25(21)3)19-13-24(2)20-8-6-5-7-15(19)20/h5-13H,1-4H3. The SMILES string of the molecule is Cc1ccc2c(c1)c1cc(-c3cn(C)c4ccccc34)c(=O)n(C)c1n2C. The van der Waals surface area contributed by atoms with Crippen LogP contribution in [0.3, 0.4) is 0 Å². The van der Waals surface area contributed by atoms with Crippen LogP contribution in [-0.4, -0.2) is 13.7 Å². The van der Waals surface area contributed by atoms with Crippen molar-refractivity contribution < 1.29 is 0 Å². The van der Waals surface area contributed by atoms with Crippen molar-refractivity contribution in [2.45, 2.75) is 6.92 Å². The molecule has 0 saturated carbocycles. The first-order chi connectivity index (χ1) is 13.0. The summed E-state index contributed by atoms with van der Waals surface area (Å²) in [6.07, 6.45) is 2.06. The molecule has 0 saturated heterocycles. The minimum absolute atomic E-state index is 0.0291. The second-order valence-electron chi connectivity index (χ2n) is 7.41. The average molecular weight is 355 g/mol. The zero-order valence-corrected chi connectivity index (χ0v) is 15.9. The van der Waals surface area contributed by atoms with Gasteiger partial charge in [-0.1, -0.05) is 29.8 Å². The molecule has 0 radical (unpaired) electrons. The van der Waals surface area contributed by atoms with Gasteiger partial charge < -0.3 is 9.13 Å². The van der Waals surface area contributed by atoms with Gasteiger partial charge in [-0.15, -0.1) is 0 Å². The van der Waals surface area contributed by atoms with E-state index in [1.165, 1.54) is 10.9 Å². The van der Waals surface area contributed by atoms with Crippen molar-refractivity contribution >= 4 is 32.8 Å². The normalized spacial score (nSPS) is 11.9. The van der Waals surface area contributed by atoms with Crippen LogP contribution < -0.4 is 5.56 Å². The molecule has 5 rings (SSSR count). The maximum absolute atomic E-state index is 13.3. The minimum atomic E-state index is 0.0291. The Morgan fingerprint density at radius 2 is 1.52 bits per heavy atom. The fourth-order valence-corrected chi connectivity index (χ4v) is 4.35. The van der Waals surface area contributed by atoms with Crippen molar-refractivity contribution in [1.29, 1.82) is 0 Å². The Morgan fingerprint density at radius 3 is 2.33 bits per heavy atom. The number of rotatable bonds is 1. The first-order valence-corrected chi connectivity index (χ1v) is 9.10. The lowest BCUT2D eigenvalue weighted by Gasteiger charge is -2.07. The van der Waals surface area contributed by atoms with Gasteiger partial charge in [0.15, 0.2) is 0 Å². The molecule has 0 amide bonds. The van der Waals surface area contributed by atoms with Crippen LogP contribution in [0.25, 0.3) is 44.0 Å². The van der Waals surface area contributed by atoms with Gasteiger partial charge in [0.2, 0.25) is 0 Å². The third-order valence-electron chi connectivity index (χ3n) is 5.69. The van der Waals surface area contributed by atoms with E-state index in [1.54, 1.807) is 4.57 Å². The maximum atomic E-state index is 13.3. The highest BCUT2D eigenvalue weighted by Gasteiger charge is 2.18. The van der Waals surface area contributed by atoms with Gasteiger partial charge in [-0.05, 0) is 31.2 Å².